The van der Waals surface area contributed by atoms with Gasteiger partial charge in [0.1, 0.15) is 16.5 Å². The summed E-state index contributed by atoms with van der Waals surface area (Å²) in [7, 11) is 0. The average molecular weight is 472 g/mol. The van der Waals surface area contributed by atoms with Crippen LogP contribution in [0.1, 0.15) is 61.1 Å². The molecule has 0 saturated heterocycles. The SMILES string of the molecule is C=CCOC(=O)c1sc(NC(=O)c2sc3ccccc3c2CCC)c(C(=O)OCC)c1C. The fourth-order valence-electron chi connectivity index (χ4n) is 3.39. The molecule has 0 bridgehead atoms. The van der Waals surface area contributed by atoms with Crippen molar-refractivity contribution in [3.05, 3.63) is 63.4 Å². The molecule has 0 saturated carbocycles. The van der Waals surface area contributed by atoms with Gasteiger partial charge in [-0.05, 0) is 42.8 Å². The third-order valence-electron chi connectivity index (χ3n) is 4.78. The zero-order valence-electron chi connectivity index (χ0n) is 18.3. The number of hydrogen-bond donors (Lipinski definition) is 1. The van der Waals surface area contributed by atoms with Crippen LogP contribution in [0.5, 0.6) is 0 Å². The van der Waals surface area contributed by atoms with E-state index in [2.05, 4.69) is 18.8 Å². The second-order valence-corrected chi connectivity index (χ2v) is 9.05. The van der Waals surface area contributed by atoms with Crippen molar-refractivity contribution in [2.24, 2.45) is 0 Å². The molecular formula is C24H25NO5S2. The van der Waals surface area contributed by atoms with E-state index in [1.807, 2.05) is 24.3 Å². The molecule has 0 aliphatic heterocycles. The van der Waals surface area contributed by atoms with Gasteiger partial charge in [-0.25, -0.2) is 9.59 Å². The molecule has 0 aliphatic rings. The number of carbonyl (C=O) groups excluding carboxylic acids is 3. The molecule has 0 atom stereocenters. The Bertz CT molecular complexity index is 1170. The van der Waals surface area contributed by atoms with Gasteiger partial charge in [0.15, 0.2) is 0 Å². The lowest BCUT2D eigenvalue weighted by molar-refractivity contribution is 0.0527. The quantitative estimate of drug-likeness (QED) is 0.306. The summed E-state index contributed by atoms with van der Waals surface area (Å²) < 4.78 is 11.3. The maximum absolute atomic E-state index is 13.3. The zero-order chi connectivity index (χ0) is 23.3. The Hall–Kier alpha value is -2.97. The van der Waals surface area contributed by atoms with Crippen molar-refractivity contribution in [3.63, 3.8) is 0 Å². The summed E-state index contributed by atoms with van der Waals surface area (Å²) in [4.78, 5) is 39.2. The molecule has 1 amide bonds. The second kappa shape index (κ2) is 10.6. The van der Waals surface area contributed by atoms with Crippen molar-refractivity contribution in [2.45, 2.75) is 33.6 Å². The normalized spacial score (nSPS) is 10.7. The molecule has 3 rings (SSSR count). The number of rotatable bonds is 9. The summed E-state index contributed by atoms with van der Waals surface area (Å²) in [6.45, 7) is 9.17. The van der Waals surface area contributed by atoms with E-state index in [4.69, 9.17) is 9.47 Å². The Balaban J connectivity index is 2.02. The highest BCUT2D eigenvalue weighted by molar-refractivity contribution is 7.21. The molecule has 0 unspecified atom stereocenters. The van der Waals surface area contributed by atoms with Crippen molar-refractivity contribution >= 4 is 55.6 Å². The molecule has 2 aromatic heterocycles. The van der Waals surface area contributed by atoms with Gasteiger partial charge in [0.2, 0.25) is 0 Å². The number of hydrogen-bond acceptors (Lipinski definition) is 7. The first-order valence-electron chi connectivity index (χ1n) is 10.3. The summed E-state index contributed by atoms with van der Waals surface area (Å²) in [5, 5.41) is 4.20. The van der Waals surface area contributed by atoms with Crippen LogP contribution in [0.15, 0.2) is 36.9 Å². The van der Waals surface area contributed by atoms with Gasteiger partial charge in [-0.15, -0.1) is 22.7 Å². The number of thiophene rings is 2. The first kappa shape index (κ1) is 23.7. The number of fused-ring (bicyclic) bond motifs is 1. The molecule has 168 valence electrons. The van der Waals surface area contributed by atoms with Crippen LogP contribution in [0.25, 0.3) is 10.1 Å². The number of ether oxygens (including phenoxy) is 2. The average Bonchev–Trinajstić information content (AvgIpc) is 3.30. The predicted molar refractivity (Wildman–Crippen MR) is 129 cm³/mol. The van der Waals surface area contributed by atoms with Gasteiger partial charge in [0.05, 0.1) is 17.0 Å². The molecule has 0 spiro atoms. The topological polar surface area (TPSA) is 81.7 Å². The van der Waals surface area contributed by atoms with Gasteiger partial charge in [-0.1, -0.05) is 44.2 Å². The molecule has 32 heavy (non-hydrogen) atoms. The van der Waals surface area contributed by atoms with E-state index in [-0.39, 0.29) is 34.6 Å². The Morgan fingerprint density at radius 2 is 1.81 bits per heavy atom. The molecule has 0 aliphatic carbocycles. The van der Waals surface area contributed by atoms with E-state index in [0.717, 1.165) is 39.8 Å². The lowest BCUT2D eigenvalue weighted by atomic mass is 10.1. The van der Waals surface area contributed by atoms with E-state index < -0.39 is 11.9 Å². The minimum Gasteiger partial charge on any atom is -0.462 e. The van der Waals surface area contributed by atoms with E-state index in [0.29, 0.717) is 10.4 Å². The summed E-state index contributed by atoms with van der Waals surface area (Å²) >= 11 is 2.43. The van der Waals surface area contributed by atoms with Crippen LogP contribution < -0.4 is 5.32 Å². The highest BCUT2D eigenvalue weighted by Crippen LogP contribution is 2.37. The van der Waals surface area contributed by atoms with Crippen LogP contribution in [0.2, 0.25) is 0 Å². The number of anilines is 1. The minimum absolute atomic E-state index is 0.0504. The third-order valence-corrected chi connectivity index (χ3v) is 7.17. The molecular weight excluding hydrogens is 446 g/mol. The van der Waals surface area contributed by atoms with Crippen LogP contribution in [0.4, 0.5) is 5.00 Å². The van der Waals surface area contributed by atoms with Crippen LogP contribution in [0.3, 0.4) is 0 Å². The molecule has 8 heteroatoms. The lowest BCUT2D eigenvalue weighted by Crippen LogP contribution is -2.15. The van der Waals surface area contributed by atoms with E-state index in [1.165, 1.54) is 17.4 Å². The third kappa shape index (κ3) is 4.76. The van der Waals surface area contributed by atoms with Gasteiger partial charge < -0.3 is 14.8 Å². The lowest BCUT2D eigenvalue weighted by Gasteiger charge is -2.08. The molecule has 0 radical (unpaired) electrons. The van der Waals surface area contributed by atoms with Crippen LogP contribution >= 0.6 is 22.7 Å². The molecule has 2 heterocycles. The highest BCUT2D eigenvalue weighted by Gasteiger charge is 2.28. The fourth-order valence-corrected chi connectivity index (χ4v) is 5.62. The maximum Gasteiger partial charge on any atom is 0.348 e. The Morgan fingerprint density at radius 3 is 2.50 bits per heavy atom. The highest BCUT2D eigenvalue weighted by atomic mass is 32.1. The van der Waals surface area contributed by atoms with E-state index in [9.17, 15) is 14.4 Å². The predicted octanol–water partition coefficient (Wildman–Crippen LogP) is 6.00. The number of esters is 2. The Kier molecular flexibility index (Phi) is 7.82. The van der Waals surface area contributed by atoms with Crippen molar-refractivity contribution in [3.8, 4) is 0 Å². The van der Waals surface area contributed by atoms with Gasteiger partial charge in [-0.2, -0.15) is 0 Å². The van der Waals surface area contributed by atoms with E-state index >= 15 is 0 Å². The van der Waals surface area contributed by atoms with Crippen LogP contribution in [-0.2, 0) is 15.9 Å². The molecule has 6 nitrogen and oxygen atoms in total. The summed E-state index contributed by atoms with van der Waals surface area (Å²) in [6, 6.07) is 7.90. The van der Waals surface area contributed by atoms with Gasteiger partial charge >= 0.3 is 11.9 Å². The number of aryl methyl sites for hydroxylation is 1. The summed E-state index contributed by atoms with van der Waals surface area (Å²) in [6.07, 6.45) is 3.12. The molecule has 3 aromatic rings. The number of benzene rings is 1. The second-order valence-electron chi connectivity index (χ2n) is 6.98. The Morgan fingerprint density at radius 1 is 1.06 bits per heavy atom. The van der Waals surface area contributed by atoms with Gasteiger partial charge in [0, 0.05) is 4.70 Å². The van der Waals surface area contributed by atoms with E-state index in [1.54, 1.807) is 13.8 Å². The first-order chi connectivity index (χ1) is 15.4. The number of amides is 1. The van der Waals surface area contributed by atoms with Crippen molar-refractivity contribution < 1.29 is 23.9 Å². The standard InChI is InChI=1S/C24H25NO5S2/c1-5-10-16-15-11-8-9-12-17(15)31-20(16)21(26)25-22-18(23(27)29-7-3)14(4)19(32-22)24(28)30-13-6-2/h6,8-9,11-12H,2,5,7,10,13H2,1,3-4H3,(H,25,26). The summed E-state index contributed by atoms with van der Waals surface area (Å²) in [5.41, 5.74) is 1.58. The largest absolute Gasteiger partial charge is 0.462 e. The molecule has 1 N–H and O–H groups in total. The van der Waals surface area contributed by atoms with Crippen molar-refractivity contribution in [1.82, 2.24) is 0 Å². The fraction of sp³-hybridized carbons (Fsp3) is 0.292. The van der Waals surface area contributed by atoms with Gasteiger partial charge in [-0.3, -0.25) is 4.79 Å². The number of nitrogens with one attached hydrogen (secondary N) is 1. The first-order valence-corrected chi connectivity index (χ1v) is 12.0. The molecule has 0 fully saturated rings. The number of carbonyl (C=O) groups is 3. The van der Waals surface area contributed by atoms with Crippen molar-refractivity contribution in [2.75, 3.05) is 18.5 Å². The summed E-state index contributed by atoms with van der Waals surface area (Å²) in [5.74, 6) is -1.48. The Labute approximate surface area is 194 Å². The monoisotopic (exact) mass is 471 g/mol. The van der Waals surface area contributed by atoms with Crippen LogP contribution in [-0.4, -0.2) is 31.1 Å². The zero-order valence-corrected chi connectivity index (χ0v) is 19.9. The smallest absolute Gasteiger partial charge is 0.348 e. The van der Waals surface area contributed by atoms with Crippen molar-refractivity contribution in [1.29, 1.82) is 0 Å². The van der Waals surface area contributed by atoms with Crippen LogP contribution in [0, 0.1) is 6.92 Å². The maximum atomic E-state index is 13.3. The van der Waals surface area contributed by atoms with Gasteiger partial charge in [0.25, 0.3) is 5.91 Å². The molecule has 1 aromatic carbocycles. The minimum atomic E-state index is -0.593.